The van der Waals surface area contributed by atoms with E-state index in [0.717, 1.165) is 0 Å². The Morgan fingerprint density at radius 2 is 2.25 bits per heavy atom. The SMILES string of the molecule is COc1cc(CC(=O)O)c(C#N)cc1CCl. The van der Waals surface area contributed by atoms with Crippen LogP contribution in [0, 0.1) is 11.3 Å². The summed E-state index contributed by atoms with van der Waals surface area (Å²) in [5, 5.41) is 17.6. The van der Waals surface area contributed by atoms with Crippen molar-refractivity contribution >= 4 is 17.6 Å². The molecule has 1 aromatic rings. The van der Waals surface area contributed by atoms with Crippen LogP contribution in [0.3, 0.4) is 0 Å². The molecule has 0 aliphatic carbocycles. The molecule has 1 aromatic carbocycles. The van der Waals surface area contributed by atoms with Crippen LogP contribution in [0.15, 0.2) is 12.1 Å². The zero-order valence-electron chi connectivity index (χ0n) is 8.66. The Balaban J connectivity index is 3.27. The second kappa shape index (κ2) is 5.38. The highest BCUT2D eigenvalue weighted by atomic mass is 35.5. The molecule has 0 aromatic heterocycles. The highest BCUT2D eigenvalue weighted by Crippen LogP contribution is 2.25. The number of nitrogens with zero attached hydrogens (tertiary/aromatic N) is 1. The van der Waals surface area contributed by atoms with Gasteiger partial charge in [-0.25, -0.2) is 0 Å². The zero-order valence-corrected chi connectivity index (χ0v) is 9.41. The maximum Gasteiger partial charge on any atom is 0.307 e. The number of alkyl halides is 1. The van der Waals surface area contributed by atoms with Crippen LogP contribution in [0.5, 0.6) is 5.75 Å². The maximum absolute atomic E-state index is 10.6. The lowest BCUT2D eigenvalue weighted by Crippen LogP contribution is -2.04. The van der Waals surface area contributed by atoms with Gasteiger partial charge in [0.25, 0.3) is 0 Å². The third-order valence-electron chi connectivity index (χ3n) is 2.11. The van der Waals surface area contributed by atoms with E-state index in [9.17, 15) is 4.79 Å². The van der Waals surface area contributed by atoms with Crippen molar-refractivity contribution in [1.29, 1.82) is 5.26 Å². The van der Waals surface area contributed by atoms with Crippen molar-refractivity contribution in [3.63, 3.8) is 0 Å². The summed E-state index contributed by atoms with van der Waals surface area (Å²) in [4.78, 5) is 10.6. The van der Waals surface area contributed by atoms with Crippen LogP contribution < -0.4 is 4.74 Å². The number of carboxylic acids is 1. The van der Waals surface area contributed by atoms with Crippen molar-refractivity contribution in [1.82, 2.24) is 0 Å². The third kappa shape index (κ3) is 2.65. The molecule has 0 heterocycles. The molecule has 0 bridgehead atoms. The van der Waals surface area contributed by atoms with Crippen LogP contribution >= 0.6 is 11.6 Å². The predicted octanol–water partition coefficient (Wildman–Crippen LogP) is 1.93. The molecule has 0 spiro atoms. The fourth-order valence-corrected chi connectivity index (χ4v) is 1.58. The molecule has 0 aliphatic rings. The largest absolute Gasteiger partial charge is 0.496 e. The van der Waals surface area contributed by atoms with Crippen molar-refractivity contribution in [3.05, 3.63) is 28.8 Å². The van der Waals surface area contributed by atoms with E-state index < -0.39 is 5.97 Å². The fraction of sp³-hybridized carbons (Fsp3) is 0.273. The molecule has 0 aliphatic heterocycles. The average molecular weight is 240 g/mol. The molecular formula is C11H10ClNO3. The van der Waals surface area contributed by atoms with E-state index >= 15 is 0 Å². The lowest BCUT2D eigenvalue weighted by atomic mass is 10.0. The summed E-state index contributed by atoms with van der Waals surface area (Å²) in [6.07, 6.45) is -0.207. The Bertz CT molecular complexity index is 451. The number of rotatable bonds is 4. The number of methoxy groups -OCH3 is 1. The summed E-state index contributed by atoms with van der Waals surface area (Å²) in [5.74, 6) is -0.270. The number of carbonyl (C=O) groups is 1. The number of halogens is 1. The minimum atomic E-state index is -0.989. The van der Waals surface area contributed by atoms with Gasteiger partial charge in [-0.2, -0.15) is 5.26 Å². The molecule has 5 heteroatoms. The Morgan fingerprint density at radius 1 is 1.56 bits per heavy atom. The summed E-state index contributed by atoms with van der Waals surface area (Å²) < 4.78 is 5.07. The second-order valence-electron chi connectivity index (χ2n) is 3.14. The quantitative estimate of drug-likeness (QED) is 0.815. The molecule has 0 unspecified atom stereocenters. The first-order chi connectivity index (χ1) is 7.62. The third-order valence-corrected chi connectivity index (χ3v) is 2.40. The number of hydrogen-bond acceptors (Lipinski definition) is 3. The van der Waals surface area contributed by atoms with Crippen molar-refractivity contribution in [2.45, 2.75) is 12.3 Å². The minimum Gasteiger partial charge on any atom is -0.496 e. The van der Waals surface area contributed by atoms with Gasteiger partial charge in [0.2, 0.25) is 0 Å². The topological polar surface area (TPSA) is 70.3 Å². The van der Waals surface area contributed by atoms with Gasteiger partial charge in [-0.15, -0.1) is 11.6 Å². The first kappa shape index (κ1) is 12.3. The van der Waals surface area contributed by atoms with E-state index in [1.54, 1.807) is 12.1 Å². The minimum absolute atomic E-state index is 0.207. The number of ether oxygens (including phenoxy) is 1. The molecule has 0 amide bonds. The highest BCUT2D eigenvalue weighted by molar-refractivity contribution is 6.17. The Hall–Kier alpha value is -1.73. The highest BCUT2D eigenvalue weighted by Gasteiger charge is 2.12. The zero-order chi connectivity index (χ0) is 12.1. The van der Waals surface area contributed by atoms with Crippen LogP contribution in [-0.4, -0.2) is 18.2 Å². The predicted molar refractivity (Wildman–Crippen MR) is 58.6 cm³/mol. The van der Waals surface area contributed by atoms with Gasteiger partial charge < -0.3 is 9.84 Å². The van der Waals surface area contributed by atoms with Crippen molar-refractivity contribution in [3.8, 4) is 11.8 Å². The lowest BCUT2D eigenvalue weighted by molar-refractivity contribution is -0.136. The van der Waals surface area contributed by atoms with E-state index in [-0.39, 0.29) is 12.3 Å². The summed E-state index contributed by atoms with van der Waals surface area (Å²) in [6.45, 7) is 0. The standard InChI is InChI=1S/C11H10ClNO3/c1-16-10-3-7(4-11(14)15)9(6-13)2-8(10)5-12/h2-3H,4-5H2,1H3,(H,14,15). The number of nitriles is 1. The van der Waals surface area contributed by atoms with Gasteiger partial charge in [-0.05, 0) is 17.7 Å². The van der Waals surface area contributed by atoms with E-state index in [1.165, 1.54) is 7.11 Å². The molecule has 0 radical (unpaired) electrons. The molecule has 1 N–H and O–H groups in total. The van der Waals surface area contributed by atoms with Crippen LogP contribution in [0.4, 0.5) is 0 Å². The molecule has 0 atom stereocenters. The van der Waals surface area contributed by atoms with Gasteiger partial charge in [0.1, 0.15) is 5.75 Å². The van der Waals surface area contributed by atoms with Crippen LogP contribution in [-0.2, 0) is 17.1 Å². The lowest BCUT2D eigenvalue weighted by Gasteiger charge is -2.09. The van der Waals surface area contributed by atoms with E-state index in [1.807, 2.05) is 6.07 Å². The molecule has 84 valence electrons. The molecule has 0 fully saturated rings. The molecular weight excluding hydrogens is 230 g/mol. The monoisotopic (exact) mass is 239 g/mol. The molecule has 0 saturated heterocycles. The molecule has 16 heavy (non-hydrogen) atoms. The Morgan fingerprint density at radius 3 is 2.69 bits per heavy atom. The summed E-state index contributed by atoms with van der Waals surface area (Å²) in [6, 6.07) is 5.06. The van der Waals surface area contributed by atoms with Gasteiger partial charge in [-0.3, -0.25) is 4.79 Å². The van der Waals surface area contributed by atoms with Crippen LogP contribution in [0.25, 0.3) is 0 Å². The van der Waals surface area contributed by atoms with E-state index in [2.05, 4.69) is 0 Å². The molecule has 1 rings (SSSR count). The van der Waals surface area contributed by atoms with E-state index in [4.69, 9.17) is 26.7 Å². The van der Waals surface area contributed by atoms with Crippen molar-refractivity contribution in [2.75, 3.05) is 7.11 Å². The number of hydrogen-bond donors (Lipinski definition) is 1. The van der Waals surface area contributed by atoms with Crippen molar-refractivity contribution < 1.29 is 14.6 Å². The van der Waals surface area contributed by atoms with Gasteiger partial charge in [-0.1, -0.05) is 0 Å². The fourth-order valence-electron chi connectivity index (χ4n) is 1.37. The smallest absolute Gasteiger partial charge is 0.307 e. The second-order valence-corrected chi connectivity index (χ2v) is 3.40. The average Bonchev–Trinajstić information content (AvgIpc) is 2.27. The molecule has 4 nitrogen and oxygen atoms in total. The first-order valence-electron chi connectivity index (χ1n) is 4.50. The van der Waals surface area contributed by atoms with Gasteiger partial charge in [0, 0.05) is 5.56 Å². The Kier molecular flexibility index (Phi) is 4.15. The molecule has 0 saturated carbocycles. The first-order valence-corrected chi connectivity index (χ1v) is 5.03. The summed E-state index contributed by atoms with van der Waals surface area (Å²) in [5.41, 5.74) is 1.43. The van der Waals surface area contributed by atoms with Gasteiger partial charge in [0.15, 0.2) is 0 Å². The van der Waals surface area contributed by atoms with Gasteiger partial charge >= 0.3 is 5.97 Å². The van der Waals surface area contributed by atoms with Crippen molar-refractivity contribution in [2.24, 2.45) is 0 Å². The van der Waals surface area contributed by atoms with Crippen LogP contribution in [0.1, 0.15) is 16.7 Å². The van der Waals surface area contributed by atoms with Gasteiger partial charge in [0.05, 0.1) is 31.0 Å². The number of benzene rings is 1. The maximum atomic E-state index is 10.6. The number of carboxylic acid groups (broad SMARTS) is 1. The summed E-state index contributed by atoms with van der Waals surface area (Å²) in [7, 11) is 1.47. The number of aliphatic carboxylic acids is 1. The summed E-state index contributed by atoms with van der Waals surface area (Å²) >= 11 is 5.69. The van der Waals surface area contributed by atoms with E-state index in [0.29, 0.717) is 22.4 Å². The Labute approximate surface area is 98.0 Å². The van der Waals surface area contributed by atoms with Crippen LogP contribution in [0.2, 0.25) is 0 Å². The normalized spacial score (nSPS) is 9.56.